The van der Waals surface area contributed by atoms with Gasteiger partial charge in [-0.3, -0.25) is 0 Å². The first kappa shape index (κ1) is 12.4. The first-order valence-corrected chi connectivity index (χ1v) is 6.73. The summed E-state index contributed by atoms with van der Waals surface area (Å²) in [5.41, 5.74) is 1.07. The lowest BCUT2D eigenvalue weighted by Crippen LogP contribution is -2.30. The standard InChI is InChI=1S/C11H13Br2NO2/c12-9-2-1-3-10(13)11(9)14-6-8-4-5-15-7-16-8/h1-3,8,14H,4-7H2. The number of rotatable bonds is 3. The summed E-state index contributed by atoms with van der Waals surface area (Å²) in [6, 6.07) is 6.01. The average Bonchev–Trinajstić information content (AvgIpc) is 2.30. The SMILES string of the molecule is Brc1cccc(Br)c1NCC1CCOCO1. The molecule has 1 aliphatic rings. The van der Waals surface area contributed by atoms with Crippen LogP contribution in [0.4, 0.5) is 5.69 Å². The molecule has 0 aromatic heterocycles. The Labute approximate surface area is 112 Å². The van der Waals surface area contributed by atoms with E-state index in [1.54, 1.807) is 0 Å². The Morgan fingerprint density at radius 3 is 2.69 bits per heavy atom. The first-order chi connectivity index (χ1) is 7.77. The molecule has 0 saturated carbocycles. The Hall–Kier alpha value is -0.100. The highest BCUT2D eigenvalue weighted by Gasteiger charge is 2.14. The first-order valence-electron chi connectivity index (χ1n) is 5.14. The zero-order chi connectivity index (χ0) is 11.4. The molecule has 1 aromatic rings. The van der Waals surface area contributed by atoms with Gasteiger partial charge in [-0.15, -0.1) is 0 Å². The molecule has 1 heterocycles. The van der Waals surface area contributed by atoms with E-state index in [0.29, 0.717) is 6.79 Å². The molecule has 1 atom stereocenters. The minimum Gasteiger partial charge on any atom is -0.381 e. The summed E-state index contributed by atoms with van der Waals surface area (Å²) in [5, 5.41) is 3.38. The van der Waals surface area contributed by atoms with Crippen molar-refractivity contribution in [3.05, 3.63) is 27.1 Å². The quantitative estimate of drug-likeness (QED) is 0.906. The average molecular weight is 351 g/mol. The highest BCUT2D eigenvalue weighted by Crippen LogP contribution is 2.30. The Balaban J connectivity index is 1.93. The molecule has 2 rings (SSSR count). The number of hydrogen-bond donors (Lipinski definition) is 1. The highest BCUT2D eigenvalue weighted by molar-refractivity contribution is 9.11. The maximum absolute atomic E-state index is 5.46. The van der Waals surface area contributed by atoms with Crippen LogP contribution in [0.3, 0.4) is 0 Å². The molecule has 0 radical (unpaired) electrons. The Bertz CT molecular complexity index is 334. The van der Waals surface area contributed by atoms with Gasteiger partial charge in [-0.25, -0.2) is 0 Å². The van der Waals surface area contributed by atoms with Crippen molar-refractivity contribution in [2.75, 3.05) is 25.3 Å². The van der Waals surface area contributed by atoms with Gasteiger partial charge in [0.05, 0.1) is 18.4 Å². The number of anilines is 1. The molecule has 3 nitrogen and oxygen atoms in total. The third-order valence-corrected chi connectivity index (χ3v) is 3.76. The molecule has 1 N–H and O–H groups in total. The Kier molecular flexibility index (Phi) is 4.64. The lowest BCUT2D eigenvalue weighted by Gasteiger charge is -2.23. The maximum Gasteiger partial charge on any atom is 0.147 e. The second-order valence-corrected chi connectivity index (χ2v) is 5.29. The van der Waals surface area contributed by atoms with Crippen molar-refractivity contribution in [3.63, 3.8) is 0 Å². The van der Waals surface area contributed by atoms with Crippen LogP contribution in [0.5, 0.6) is 0 Å². The summed E-state index contributed by atoms with van der Waals surface area (Å²) in [5.74, 6) is 0. The summed E-state index contributed by atoms with van der Waals surface area (Å²) in [4.78, 5) is 0. The molecule has 16 heavy (non-hydrogen) atoms. The zero-order valence-electron chi connectivity index (χ0n) is 8.71. The molecule has 1 aromatic carbocycles. The fourth-order valence-corrected chi connectivity index (χ4v) is 2.82. The van der Waals surface area contributed by atoms with E-state index >= 15 is 0 Å². The molecule has 88 valence electrons. The highest BCUT2D eigenvalue weighted by atomic mass is 79.9. The van der Waals surface area contributed by atoms with E-state index in [0.717, 1.165) is 34.2 Å². The van der Waals surface area contributed by atoms with Gasteiger partial charge in [0.15, 0.2) is 0 Å². The van der Waals surface area contributed by atoms with E-state index in [1.807, 2.05) is 18.2 Å². The van der Waals surface area contributed by atoms with Crippen molar-refractivity contribution < 1.29 is 9.47 Å². The predicted molar refractivity (Wildman–Crippen MR) is 70.6 cm³/mol. The van der Waals surface area contributed by atoms with Crippen molar-refractivity contribution >= 4 is 37.5 Å². The lowest BCUT2D eigenvalue weighted by atomic mass is 10.2. The summed E-state index contributed by atoms with van der Waals surface area (Å²) < 4.78 is 12.7. The van der Waals surface area contributed by atoms with Gasteiger partial charge in [-0.1, -0.05) is 6.07 Å². The van der Waals surface area contributed by atoms with E-state index < -0.39 is 0 Å². The molecular weight excluding hydrogens is 338 g/mol. The fraction of sp³-hybridized carbons (Fsp3) is 0.455. The lowest BCUT2D eigenvalue weighted by molar-refractivity contribution is -0.133. The molecule has 1 aliphatic heterocycles. The Morgan fingerprint density at radius 2 is 2.06 bits per heavy atom. The van der Waals surface area contributed by atoms with Gasteiger partial charge in [0.2, 0.25) is 0 Å². The summed E-state index contributed by atoms with van der Waals surface area (Å²) >= 11 is 7.03. The minimum absolute atomic E-state index is 0.229. The van der Waals surface area contributed by atoms with Crippen LogP contribution < -0.4 is 5.32 Å². The van der Waals surface area contributed by atoms with Crippen LogP contribution in [0.15, 0.2) is 27.1 Å². The number of hydrogen-bond acceptors (Lipinski definition) is 3. The monoisotopic (exact) mass is 349 g/mol. The van der Waals surface area contributed by atoms with Crippen LogP contribution in [0.25, 0.3) is 0 Å². The second kappa shape index (κ2) is 6.00. The van der Waals surface area contributed by atoms with Gasteiger partial charge in [-0.05, 0) is 50.4 Å². The van der Waals surface area contributed by atoms with Crippen LogP contribution in [-0.2, 0) is 9.47 Å². The van der Waals surface area contributed by atoms with Gasteiger partial charge in [0, 0.05) is 15.5 Å². The topological polar surface area (TPSA) is 30.5 Å². The molecule has 1 fully saturated rings. The van der Waals surface area contributed by atoms with Gasteiger partial charge in [-0.2, -0.15) is 0 Å². The largest absolute Gasteiger partial charge is 0.381 e. The van der Waals surface area contributed by atoms with Gasteiger partial charge >= 0.3 is 0 Å². The van der Waals surface area contributed by atoms with Gasteiger partial charge in [0.25, 0.3) is 0 Å². The van der Waals surface area contributed by atoms with Gasteiger partial charge < -0.3 is 14.8 Å². The van der Waals surface area contributed by atoms with Crippen molar-refractivity contribution in [1.82, 2.24) is 0 Å². The van der Waals surface area contributed by atoms with E-state index in [2.05, 4.69) is 37.2 Å². The molecule has 0 amide bonds. The second-order valence-electron chi connectivity index (χ2n) is 3.58. The van der Waals surface area contributed by atoms with E-state index in [4.69, 9.17) is 9.47 Å². The van der Waals surface area contributed by atoms with E-state index in [9.17, 15) is 0 Å². The molecule has 5 heteroatoms. The zero-order valence-corrected chi connectivity index (χ0v) is 11.9. The number of nitrogens with one attached hydrogen (secondary N) is 1. The third kappa shape index (κ3) is 3.20. The number of benzene rings is 1. The summed E-state index contributed by atoms with van der Waals surface area (Å²) in [6.45, 7) is 1.98. The molecule has 0 spiro atoms. The van der Waals surface area contributed by atoms with Crippen LogP contribution in [-0.4, -0.2) is 26.0 Å². The summed E-state index contributed by atoms with van der Waals surface area (Å²) in [6.07, 6.45) is 1.17. The van der Waals surface area contributed by atoms with Crippen LogP contribution in [0, 0.1) is 0 Å². The van der Waals surface area contributed by atoms with Crippen molar-refractivity contribution in [3.8, 4) is 0 Å². The van der Waals surface area contributed by atoms with Crippen LogP contribution in [0.1, 0.15) is 6.42 Å². The Morgan fingerprint density at radius 1 is 1.31 bits per heavy atom. The molecule has 1 saturated heterocycles. The van der Waals surface area contributed by atoms with Crippen LogP contribution >= 0.6 is 31.9 Å². The molecule has 0 bridgehead atoms. The number of halogens is 2. The van der Waals surface area contributed by atoms with Gasteiger partial charge in [0.1, 0.15) is 6.79 Å². The molecule has 1 unspecified atom stereocenters. The van der Waals surface area contributed by atoms with Crippen molar-refractivity contribution in [1.29, 1.82) is 0 Å². The predicted octanol–water partition coefficient (Wildman–Crippen LogP) is 3.39. The van der Waals surface area contributed by atoms with E-state index in [-0.39, 0.29) is 6.10 Å². The minimum atomic E-state index is 0.229. The van der Waals surface area contributed by atoms with Crippen LogP contribution in [0.2, 0.25) is 0 Å². The fourth-order valence-electron chi connectivity index (χ4n) is 1.54. The molecule has 0 aliphatic carbocycles. The number of ether oxygens (including phenoxy) is 2. The normalized spacial score (nSPS) is 20.8. The smallest absolute Gasteiger partial charge is 0.147 e. The van der Waals surface area contributed by atoms with E-state index in [1.165, 1.54) is 0 Å². The number of para-hydroxylation sites is 1. The van der Waals surface area contributed by atoms with Crippen molar-refractivity contribution in [2.24, 2.45) is 0 Å². The third-order valence-electron chi connectivity index (χ3n) is 2.44. The summed E-state index contributed by atoms with van der Waals surface area (Å²) in [7, 11) is 0. The molecular formula is C11H13Br2NO2. The maximum atomic E-state index is 5.46. The van der Waals surface area contributed by atoms with Crippen molar-refractivity contribution in [2.45, 2.75) is 12.5 Å².